The van der Waals surface area contributed by atoms with Gasteiger partial charge in [-0.2, -0.15) is 0 Å². The summed E-state index contributed by atoms with van der Waals surface area (Å²) in [5, 5.41) is 2.48. The highest BCUT2D eigenvalue weighted by Gasteiger charge is 2.14. The number of hydrogen-bond acceptors (Lipinski definition) is 3. The van der Waals surface area contributed by atoms with Crippen LogP contribution < -0.4 is 11.1 Å². The molecule has 0 heterocycles. The second-order valence-corrected chi connectivity index (χ2v) is 4.43. The lowest BCUT2D eigenvalue weighted by atomic mass is 10.1. The smallest absolute Gasteiger partial charge is 0.254 e. The number of nitrogens with two attached hydrogens (primary N) is 1. The Hall–Kier alpha value is -2.32. The Morgan fingerprint density at radius 3 is 2.65 bits per heavy atom. The molecular formula is C15H19N3O2. The first-order valence-electron chi connectivity index (χ1n) is 6.24. The Kier molecular flexibility index (Phi) is 5.75. The third-order valence-electron chi connectivity index (χ3n) is 2.67. The maximum atomic E-state index is 12.2. The molecular weight excluding hydrogens is 254 g/mol. The summed E-state index contributed by atoms with van der Waals surface area (Å²) < 4.78 is 0. The normalized spacial score (nSPS) is 9.40. The molecule has 0 radical (unpaired) electrons. The molecule has 20 heavy (non-hydrogen) atoms. The van der Waals surface area contributed by atoms with Crippen LogP contribution in [0.1, 0.15) is 21.5 Å². The fourth-order valence-electron chi connectivity index (χ4n) is 1.72. The number of hydrogen-bond donors (Lipinski definition) is 2. The number of nitrogens with one attached hydrogen (secondary N) is 1. The highest BCUT2D eigenvalue weighted by Crippen LogP contribution is 2.11. The van der Waals surface area contributed by atoms with Gasteiger partial charge in [0.1, 0.15) is 0 Å². The van der Waals surface area contributed by atoms with Crippen molar-refractivity contribution in [1.29, 1.82) is 0 Å². The summed E-state index contributed by atoms with van der Waals surface area (Å²) in [4.78, 5) is 24.9. The van der Waals surface area contributed by atoms with Gasteiger partial charge in [-0.1, -0.05) is 11.8 Å². The highest BCUT2D eigenvalue weighted by molar-refractivity contribution is 5.96. The molecule has 5 nitrogen and oxygen atoms in total. The van der Waals surface area contributed by atoms with Gasteiger partial charge < -0.3 is 16.0 Å². The molecule has 1 rings (SSSR count). The van der Waals surface area contributed by atoms with E-state index in [2.05, 4.69) is 17.2 Å². The van der Waals surface area contributed by atoms with E-state index in [1.165, 1.54) is 11.9 Å². The minimum absolute atomic E-state index is 0.0209. The van der Waals surface area contributed by atoms with E-state index in [0.717, 1.165) is 11.1 Å². The van der Waals surface area contributed by atoms with Gasteiger partial charge in [-0.05, 0) is 30.7 Å². The predicted octanol–water partition coefficient (Wildman–Crippen LogP) is 0.123. The molecule has 0 unspecified atom stereocenters. The number of nitrogens with zero attached hydrogens (tertiary/aromatic N) is 1. The van der Waals surface area contributed by atoms with Crippen molar-refractivity contribution in [1.82, 2.24) is 10.2 Å². The topological polar surface area (TPSA) is 75.4 Å². The molecule has 0 bridgehead atoms. The van der Waals surface area contributed by atoms with E-state index in [-0.39, 0.29) is 24.9 Å². The summed E-state index contributed by atoms with van der Waals surface area (Å²) in [5.74, 6) is 5.24. The number of carbonyl (C=O) groups excluding carboxylic acids is 2. The second-order valence-electron chi connectivity index (χ2n) is 4.43. The molecule has 1 aromatic carbocycles. The maximum Gasteiger partial charge on any atom is 0.254 e. The summed E-state index contributed by atoms with van der Waals surface area (Å²) >= 11 is 0. The van der Waals surface area contributed by atoms with E-state index < -0.39 is 0 Å². The molecule has 0 spiro atoms. The molecule has 0 saturated heterocycles. The van der Waals surface area contributed by atoms with Crippen molar-refractivity contribution in [2.24, 2.45) is 5.73 Å². The first-order chi connectivity index (χ1) is 9.47. The van der Waals surface area contributed by atoms with Crippen LogP contribution in [-0.4, -0.2) is 43.9 Å². The van der Waals surface area contributed by atoms with E-state index in [1.54, 1.807) is 19.2 Å². The molecule has 2 amide bonds. The minimum Gasteiger partial charge on any atom is -0.358 e. The lowest BCUT2D eigenvalue weighted by Crippen LogP contribution is -2.36. The monoisotopic (exact) mass is 273 g/mol. The average molecular weight is 273 g/mol. The van der Waals surface area contributed by atoms with Crippen LogP contribution in [0.3, 0.4) is 0 Å². The van der Waals surface area contributed by atoms with E-state index in [1.807, 2.05) is 13.0 Å². The van der Waals surface area contributed by atoms with Gasteiger partial charge in [-0.25, -0.2) is 0 Å². The second kappa shape index (κ2) is 7.31. The van der Waals surface area contributed by atoms with Gasteiger partial charge in [0.15, 0.2) is 0 Å². The molecule has 0 saturated carbocycles. The van der Waals surface area contributed by atoms with Gasteiger partial charge >= 0.3 is 0 Å². The van der Waals surface area contributed by atoms with Gasteiger partial charge in [-0.3, -0.25) is 9.59 Å². The first kappa shape index (κ1) is 15.7. The van der Waals surface area contributed by atoms with Crippen molar-refractivity contribution in [3.8, 4) is 11.8 Å². The van der Waals surface area contributed by atoms with Crippen LogP contribution in [0.25, 0.3) is 0 Å². The molecule has 1 aromatic rings. The van der Waals surface area contributed by atoms with Crippen molar-refractivity contribution in [3.05, 3.63) is 34.9 Å². The summed E-state index contributed by atoms with van der Waals surface area (Å²) in [6.07, 6.45) is 0. The van der Waals surface area contributed by atoms with E-state index in [9.17, 15) is 9.59 Å². The van der Waals surface area contributed by atoms with E-state index in [4.69, 9.17) is 5.73 Å². The van der Waals surface area contributed by atoms with Gasteiger partial charge in [0.2, 0.25) is 5.91 Å². The lowest BCUT2D eigenvalue weighted by molar-refractivity contribution is -0.121. The molecule has 106 valence electrons. The SMILES string of the molecule is CNC(=O)CN(C)C(=O)c1cc(C)cc(C#CCN)c1. The summed E-state index contributed by atoms with van der Waals surface area (Å²) in [6.45, 7) is 2.18. The molecule has 3 N–H and O–H groups in total. The molecule has 0 aliphatic heterocycles. The van der Waals surface area contributed by atoms with Gasteiger partial charge in [-0.15, -0.1) is 0 Å². The zero-order chi connectivity index (χ0) is 15.1. The fourth-order valence-corrected chi connectivity index (χ4v) is 1.72. The molecule has 5 heteroatoms. The number of amides is 2. The number of benzene rings is 1. The number of rotatable bonds is 3. The van der Waals surface area contributed by atoms with E-state index in [0.29, 0.717) is 5.56 Å². The van der Waals surface area contributed by atoms with Crippen molar-refractivity contribution >= 4 is 11.8 Å². The molecule has 0 fully saturated rings. The Bertz CT molecular complexity index is 570. The molecule has 0 atom stereocenters. The van der Waals surface area contributed by atoms with Crippen molar-refractivity contribution in [2.75, 3.05) is 27.2 Å². The number of carbonyl (C=O) groups is 2. The summed E-state index contributed by atoms with van der Waals surface area (Å²) in [5.41, 5.74) is 7.53. The lowest BCUT2D eigenvalue weighted by Gasteiger charge is -2.16. The Morgan fingerprint density at radius 1 is 1.35 bits per heavy atom. The Balaban J connectivity index is 2.97. The standard InChI is InChI=1S/C15H19N3O2/c1-11-7-12(5-4-6-16)9-13(8-11)15(20)18(3)10-14(19)17-2/h7-9H,6,10,16H2,1-3H3,(H,17,19). The number of aryl methyl sites for hydroxylation is 1. The summed E-state index contributed by atoms with van der Waals surface area (Å²) in [6, 6.07) is 5.37. The average Bonchev–Trinajstić information content (AvgIpc) is 2.43. The largest absolute Gasteiger partial charge is 0.358 e. The molecule has 0 aromatic heterocycles. The van der Waals surface area contributed by atoms with Crippen LogP contribution in [-0.2, 0) is 4.79 Å². The zero-order valence-electron chi connectivity index (χ0n) is 12.0. The molecule has 0 aliphatic carbocycles. The quantitative estimate of drug-likeness (QED) is 0.768. The maximum absolute atomic E-state index is 12.2. The van der Waals surface area contributed by atoms with Crippen molar-refractivity contribution in [3.63, 3.8) is 0 Å². The first-order valence-corrected chi connectivity index (χ1v) is 6.24. The van der Waals surface area contributed by atoms with Gasteiger partial charge in [0.05, 0.1) is 13.1 Å². The van der Waals surface area contributed by atoms with Gasteiger partial charge in [0, 0.05) is 25.2 Å². The Morgan fingerprint density at radius 2 is 2.05 bits per heavy atom. The van der Waals surface area contributed by atoms with Crippen LogP contribution >= 0.6 is 0 Å². The predicted molar refractivity (Wildman–Crippen MR) is 78.1 cm³/mol. The zero-order valence-corrected chi connectivity index (χ0v) is 12.0. The van der Waals surface area contributed by atoms with Crippen molar-refractivity contribution in [2.45, 2.75) is 6.92 Å². The third kappa shape index (κ3) is 4.41. The van der Waals surface area contributed by atoms with Gasteiger partial charge in [0.25, 0.3) is 5.91 Å². The minimum atomic E-state index is -0.215. The van der Waals surface area contributed by atoms with E-state index >= 15 is 0 Å². The summed E-state index contributed by atoms with van der Waals surface area (Å²) in [7, 11) is 3.12. The van der Waals surface area contributed by atoms with Crippen LogP contribution in [0.5, 0.6) is 0 Å². The third-order valence-corrected chi connectivity index (χ3v) is 2.67. The van der Waals surface area contributed by atoms with Crippen LogP contribution in [0.4, 0.5) is 0 Å². The van der Waals surface area contributed by atoms with Crippen LogP contribution in [0, 0.1) is 18.8 Å². The molecule has 0 aliphatic rings. The van der Waals surface area contributed by atoms with Crippen LogP contribution in [0.15, 0.2) is 18.2 Å². The number of likely N-dealkylation sites (N-methyl/N-ethyl adjacent to an activating group) is 2. The Labute approximate surface area is 119 Å². The highest BCUT2D eigenvalue weighted by atomic mass is 16.2. The van der Waals surface area contributed by atoms with Crippen molar-refractivity contribution < 1.29 is 9.59 Å². The van der Waals surface area contributed by atoms with Crippen LogP contribution in [0.2, 0.25) is 0 Å². The fraction of sp³-hybridized carbons (Fsp3) is 0.333.